The third kappa shape index (κ3) is 4.60. The Kier molecular flexibility index (Phi) is 5.81. The van der Waals surface area contributed by atoms with Crippen molar-refractivity contribution in [3.05, 3.63) is 83.6 Å². The predicted octanol–water partition coefficient (Wildman–Crippen LogP) is 4.13. The summed E-state index contributed by atoms with van der Waals surface area (Å²) in [4.78, 5) is 4.25. The average molecular weight is 387 g/mol. The summed E-state index contributed by atoms with van der Waals surface area (Å²) in [5, 5.41) is 12.2. The van der Waals surface area contributed by atoms with E-state index in [0.29, 0.717) is 24.7 Å². The average Bonchev–Trinajstić information content (AvgIpc) is 3.38. The molecule has 4 aromatic rings. The molecule has 0 aliphatic heterocycles. The second kappa shape index (κ2) is 8.84. The number of nitrogens with zero attached hydrogens (tertiary/aromatic N) is 4. The topological polar surface area (TPSA) is 68.8 Å². The molecule has 0 bridgehead atoms. The van der Waals surface area contributed by atoms with Gasteiger partial charge in [0.2, 0.25) is 5.89 Å². The highest BCUT2D eigenvalue weighted by Gasteiger charge is 2.12. The van der Waals surface area contributed by atoms with Gasteiger partial charge in [0.25, 0.3) is 0 Å². The zero-order valence-electron chi connectivity index (χ0n) is 16.8. The minimum atomic E-state index is 0.658. The fraction of sp³-hybridized carbons (Fsp3) is 0.261. The van der Waals surface area contributed by atoms with Crippen LogP contribution in [0.1, 0.15) is 29.8 Å². The van der Waals surface area contributed by atoms with E-state index in [0.717, 1.165) is 35.5 Å². The van der Waals surface area contributed by atoms with Gasteiger partial charge in [-0.3, -0.25) is 0 Å². The van der Waals surface area contributed by atoms with Gasteiger partial charge in [0, 0.05) is 36.8 Å². The van der Waals surface area contributed by atoms with Crippen molar-refractivity contribution in [1.29, 1.82) is 0 Å². The zero-order valence-corrected chi connectivity index (χ0v) is 16.8. The van der Waals surface area contributed by atoms with Crippen LogP contribution in [0.25, 0.3) is 16.9 Å². The van der Waals surface area contributed by atoms with Gasteiger partial charge in [-0.25, -0.2) is 4.68 Å². The Hall–Kier alpha value is -3.25. The molecule has 0 aliphatic carbocycles. The third-order valence-electron chi connectivity index (χ3n) is 4.85. The van der Waals surface area contributed by atoms with Crippen molar-refractivity contribution < 1.29 is 4.52 Å². The number of rotatable bonds is 8. The van der Waals surface area contributed by atoms with E-state index in [1.165, 1.54) is 5.56 Å². The quantitative estimate of drug-likeness (QED) is 0.461. The fourth-order valence-electron chi connectivity index (χ4n) is 3.25. The monoisotopic (exact) mass is 387 g/mol. The number of hydrogen-bond acceptors (Lipinski definition) is 5. The summed E-state index contributed by atoms with van der Waals surface area (Å²) >= 11 is 0. The van der Waals surface area contributed by atoms with E-state index in [1.807, 2.05) is 29.8 Å². The molecule has 2 aromatic carbocycles. The van der Waals surface area contributed by atoms with Crippen LogP contribution in [0.5, 0.6) is 0 Å². The van der Waals surface area contributed by atoms with Crippen LogP contribution in [0, 0.1) is 6.92 Å². The normalized spacial score (nSPS) is 11.1. The van der Waals surface area contributed by atoms with Crippen molar-refractivity contribution in [2.45, 2.75) is 33.2 Å². The molecule has 0 saturated carbocycles. The van der Waals surface area contributed by atoms with Crippen LogP contribution < -0.4 is 5.32 Å². The number of aryl methyl sites for hydroxylation is 2. The van der Waals surface area contributed by atoms with E-state index in [2.05, 4.69) is 65.0 Å². The van der Waals surface area contributed by atoms with Crippen LogP contribution >= 0.6 is 0 Å². The standard InChI is InChI=1S/C23H25N5O/c1-3-18-9-11-19(12-10-18)23-20(15-24-14-13-22-25-17(2)27-29-22)16-28(26-23)21-7-5-4-6-8-21/h4-12,16,24H,3,13-15H2,1-2H3. The minimum absolute atomic E-state index is 0.658. The fourth-order valence-corrected chi connectivity index (χ4v) is 3.25. The summed E-state index contributed by atoms with van der Waals surface area (Å²) in [5.74, 6) is 1.33. The largest absolute Gasteiger partial charge is 0.339 e. The molecule has 148 valence electrons. The molecule has 4 rings (SSSR count). The molecule has 2 heterocycles. The van der Waals surface area contributed by atoms with Crippen molar-refractivity contribution in [1.82, 2.24) is 25.2 Å². The maximum absolute atomic E-state index is 5.18. The highest BCUT2D eigenvalue weighted by molar-refractivity contribution is 5.63. The molecule has 6 nitrogen and oxygen atoms in total. The van der Waals surface area contributed by atoms with Crippen molar-refractivity contribution in [2.75, 3.05) is 6.54 Å². The molecule has 1 N–H and O–H groups in total. The number of hydrogen-bond donors (Lipinski definition) is 1. The lowest BCUT2D eigenvalue weighted by Gasteiger charge is -2.05. The molecule has 0 atom stereocenters. The van der Waals surface area contributed by atoms with Crippen molar-refractivity contribution in [3.63, 3.8) is 0 Å². The summed E-state index contributed by atoms with van der Waals surface area (Å²) in [5.41, 5.74) is 5.65. The van der Waals surface area contributed by atoms with Crippen LogP contribution in [-0.2, 0) is 19.4 Å². The maximum Gasteiger partial charge on any atom is 0.227 e. The zero-order chi connectivity index (χ0) is 20.1. The van der Waals surface area contributed by atoms with Gasteiger partial charge in [0.15, 0.2) is 5.82 Å². The third-order valence-corrected chi connectivity index (χ3v) is 4.85. The van der Waals surface area contributed by atoms with Gasteiger partial charge in [0.05, 0.1) is 11.4 Å². The Labute approximate surface area is 170 Å². The Bertz CT molecular complexity index is 1050. The first-order valence-corrected chi connectivity index (χ1v) is 9.96. The molecule has 29 heavy (non-hydrogen) atoms. The molecule has 0 fully saturated rings. The van der Waals surface area contributed by atoms with Gasteiger partial charge in [-0.15, -0.1) is 0 Å². The number of para-hydroxylation sites is 1. The smallest absolute Gasteiger partial charge is 0.227 e. The maximum atomic E-state index is 5.18. The number of benzene rings is 2. The number of aromatic nitrogens is 4. The molecular formula is C23H25N5O. The predicted molar refractivity (Wildman–Crippen MR) is 113 cm³/mol. The lowest BCUT2D eigenvalue weighted by atomic mass is 10.0. The van der Waals surface area contributed by atoms with Gasteiger partial charge >= 0.3 is 0 Å². The lowest BCUT2D eigenvalue weighted by molar-refractivity contribution is 0.372. The summed E-state index contributed by atoms with van der Waals surface area (Å²) in [7, 11) is 0. The molecular weight excluding hydrogens is 362 g/mol. The van der Waals surface area contributed by atoms with Gasteiger partial charge in [-0.2, -0.15) is 10.1 Å². The second-order valence-corrected chi connectivity index (χ2v) is 7.00. The first kappa shape index (κ1) is 19.1. The molecule has 2 aromatic heterocycles. The highest BCUT2D eigenvalue weighted by Crippen LogP contribution is 2.24. The van der Waals surface area contributed by atoms with E-state index in [-0.39, 0.29) is 0 Å². The van der Waals surface area contributed by atoms with Crippen LogP contribution in [0.4, 0.5) is 0 Å². The molecule has 0 unspecified atom stereocenters. The lowest BCUT2D eigenvalue weighted by Crippen LogP contribution is -2.17. The Morgan fingerprint density at radius 3 is 2.52 bits per heavy atom. The summed E-state index contributed by atoms with van der Waals surface area (Å²) in [6.07, 6.45) is 3.83. The van der Waals surface area contributed by atoms with Gasteiger partial charge in [0.1, 0.15) is 0 Å². The van der Waals surface area contributed by atoms with Crippen LogP contribution in [-0.4, -0.2) is 26.5 Å². The van der Waals surface area contributed by atoms with Crippen molar-refractivity contribution >= 4 is 0 Å². The van der Waals surface area contributed by atoms with Crippen LogP contribution in [0.2, 0.25) is 0 Å². The molecule has 0 spiro atoms. The Morgan fingerprint density at radius 2 is 1.83 bits per heavy atom. The minimum Gasteiger partial charge on any atom is -0.339 e. The van der Waals surface area contributed by atoms with E-state index in [1.54, 1.807) is 0 Å². The SMILES string of the molecule is CCc1ccc(-c2nn(-c3ccccc3)cc2CNCCc2nc(C)no2)cc1. The first-order valence-electron chi connectivity index (χ1n) is 9.96. The van der Waals surface area contributed by atoms with Crippen LogP contribution in [0.15, 0.2) is 65.3 Å². The molecule has 6 heteroatoms. The Balaban J connectivity index is 1.54. The summed E-state index contributed by atoms with van der Waals surface area (Å²) in [6, 6.07) is 18.8. The summed E-state index contributed by atoms with van der Waals surface area (Å²) in [6.45, 7) is 5.46. The van der Waals surface area contributed by atoms with E-state index in [4.69, 9.17) is 9.62 Å². The molecule has 0 aliphatic rings. The van der Waals surface area contributed by atoms with Crippen LogP contribution in [0.3, 0.4) is 0 Å². The van der Waals surface area contributed by atoms with Crippen molar-refractivity contribution in [3.8, 4) is 16.9 Å². The molecule has 0 radical (unpaired) electrons. The molecule has 0 amide bonds. The van der Waals surface area contributed by atoms with Gasteiger partial charge in [-0.05, 0) is 31.0 Å². The second-order valence-electron chi connectivity index (χ2n) is 7.00. The van der Waals surface area contributed by atoms with E-state index < -0.39 is 0 Å². The Morgan fingerprint density at radius 1 is 1.03 bits per heavy atom. The van der Waals surface area contributed by atoms with E-state index in [9.17, 15) is 0 Å². The van der Waals surface area contributed by atoms with E-state index >= 15 is 0 Å². The van der Waals surface area contributed by atoms with Crippen molar-refractivity contribution in [2.24, 2.45) is 0 Å². The molecule has 0 saturated heterocycles. The number of nitrogens with one attached hydrogen (secondary N) is 1. The van der Waals surface area contributed by atoms with Gasteiger partial charge < -0.3 is 9.84 Å². The highest BCUT2D eigenvalue weighted by atomic mass is 16.5. The van der Waals surface area contributed by atoms with Gasteiger partial charge in [-0.1, -0.05) is 54.5 Å². The summed E-state index contributed by atoms with van der Waals surface area (Å²) < 4.78 is 7.12. The first-order chi connectivity index (χ1) is 14.2.